The van der Waals surface area contributed by atoms with Gasteiger partial charge in [-0.2, -0.15) is 0 Å². The molecule has 3 aromatic rings. The molecule has 0 bridgehead atoms. The molecule has 0 spiro atoms. The lowest BCUT2D eigenvalue weighted by Gasteiger charge is -2.35. The molecule has 0 radical (unpaired) electrons. The first kappa shape index (κ1) is 27.3. The van der Waals surface area contributed by atoms with Gasteiger partial charge in [-0.05, 0) is 65.7 Å². The maximum absolute atomic E-state index is 14.2. The highest BCUT2D eigenvalue weighted by molar-refractivity contribution is 9.12. The Balaban J connectivity index is 1.75. The summed E-state index contributed by atoms with van der Waals surface area (Å²) < 4.78 is 41.4. The highest BCUT2D eigenvalue weighted by Gasteiger charge is 2.56. The fourth-order valence-corrected chi connectivity index (χ4v) is 4.66. The molecule has 0 saturated carbocycles. The molecule has 1 aliphatic heterocycles. The lowest BCUT2D eigenvalue weighted by Crippen LogP contribution is -2.53. The summed E-state index contributed by atoms with van der Waals surface area (Å²) in [6.45, 7) is 2.86. The van der Waals surface area contributed by atoms with Crippen LogP contribution in [0.25, 0.3) is 11.8 Å². The van der Waals surface area contributed by atoms with Crippen LogP contribution in [0, 0.1) is 18.6 Å². The zero-order chi connectivity index (χ0) is 27.4. The molecule has 1 aromatic heterocycles. The summed E-state index contributed by atoms with van der Waals surface area (Å²) in [6.07, 6.45) is 5.25. The molecule has 38 heavy (non-hydrogen) atoms. The third kappa shape index (κ3) is 5.14. The molecule has 0 amide bonds. The first-order valence-electron chi connectivity index (χ1n) is 11.6. The number of aryl methyl sites for hydroxylation is 1. The zero-order valence-corrected chi connectivity index (χ0v) is 22.4. The number of imidazole rings is 1. The van der Waals surface area contributed by atoms with E-state index in [9.17, 15) is 18.7 Å². The SMILES string of the molecule is CCOC(=O)C1(c2cc(F)cc(F)c2)ON=C(C(Br)=Cc2ccc(-n3cnc(C)c3)c(OC)c2)N1CCO. The van der Waals surface area contributed by atoms with Crippen LogP contribution in [0.15, 0.2) is 58.6 Å². The van der Waals surface area contributed by atoms with Crippen LogP contribution in [-0.2, 0) is 20.1 Å². The lowest BCUT2D eigenvalue weighted by atomic mass is 9.99. The molecular weight excluding hydrogens is 566 g/mol. The van der Waals surface area contributed by atoms with Gasteiger partial charge in [-0.15, -0.1) is 0 Å². The number of benzene rings is 2. The fraction of sp³-hybridized carbons (Fsp3) is 0.269. The molecule has 4 rings (SSSR count). The summed E-state index contributed by atoms with van der Waals surface area (Å²) in [6, 6.07) is 8.07. The van der Waals surface area contributed by atoms with Gasteiger partial charge in [-0.1, -0.05) is 11.2 Å². The first-order valence-corrected chi connectivity index (χ1v) is 12.4. The standard InChI is InChI=1S/C26H25BrF2N4O5/c1-4-37-25(35)26(18-11-19(28)13-20(29)12-18)33(7-8-34)24(31-38-26)21(27)9-17-5-6-22(23(10-17)36-3)32-14-16(2)30-15-32/h5-6,9-15,34H,4,7-8H2,1-3H3. The number of nitrogens with zero attached hydrogens (tertiary/aromatic N) is 4. The average Bonchev–Trinajstić information content (AvgIpc) is 3.48. The molecule has 2 aromatic carbocycles. The van der Waals surface area contributed by atoms with Crippen molar-refractivity contribution < 1.29 is 33.0 Å². The minimum Gasteiger partial charge on any atom is -0.495 e. The highest BCUT2D eigenvalue weighted by Crippen LogP contribution is 2.40. The van der Waals surface area contributed by atoms with Crippen molar-refractivity contribution in [2.24, 2.45) is 5.16 Å². The van der Waals surface area contributed by atoms with Crippen molar-refractivity contribution in [2.45, 2.75) is 19.6 Å². The number of rotatable bonds is 9. The summed E-state index contributed by atoms with van der Waals surface area (Å²) in [5, 5.41) is 13.9. The van der Waals surface area contributed by atoms with Crippen LogP contribution in [-0.4, -0.2) is 58.2 Å². The zero-order valence-electron chi connectivity index (χ0n) is 20.8. The van der Waals surface area contributed by atoms with Gasteiger partial charge in [0.2, 0.25) is 0 Å². The number of methoxy groups -OCH3 is 1. The van der Waals surface area contributed by atoms with Gasteiger partial charge in [0.15, 0.2) is 5.84 Å². The maximum atomic E-state index is 14.2. The van der Waals surface area contributed by atoms with Gasteiger partial charge in [0.25, 0.3) is 0 Å². The highest BCUT2D eigenvalue weighted by atomic mass is 79.9. The van der Waals surface area contributed by atoms with Gasteiger partial charge in [-0.3, -0.25) is 4.90 Å². The number of hydrogen-bond donors (Lipinski definition) is 1. The van der Waals surface area contributed by atoms with E-state index in [4.69, 9.17) is 14.3 Å². The Morgan fingerprint density at radius 2 is 1.97 bits per heavy atom. The predicted molar refractivity (Wildman–Crippen MR) is 139 cm³/mol. The van der Waals surface area contributed by atoms with Crippen molar-refractivity contribution in [1.29, 1.82) is 0 Å². The van der Waals surface area contributed by atoms with E-state index >= 15 is 0 Å². The topological polar surface area (TPSA) is 98.4 Å². The summed E-state index contributed by atoms with van der Waals surface area (Å²) in [5.74, 6) is -2.10. The van der Waals surface area contributed by atoms with E-state index < -0.39 is 29.9 Å². The second-order valence-corrected chi connectivity index (χ2v) is 9.10. The second kappa shape index (κ2) is 11.3. The Kier molecular flexibility index (Phi) is 8.12. The summed E-state index contributed by atoms with van der Waals surface area (Å²) in [7, 11) is 1.55. The molecule has 0 aliphatic carbocycles. The molecule has 12 heteroatoms. The van der Waals surface area contributed by atoms with Crippen molar-refractivity contribution in [3.8, 4) is 11.4 Å². The molecule has 1 atom stereocenters. The Labute approximate surface area is 226 Å². The van der Waals surface area contributed by atoms with Gasteiger partial charge in [0.05, 0.1) is 42.5 Å². The van der Waals surface area contributed by atoms with Crippen LogP contribution >= 0.6 is 15.9 Å². The molecule has 9 nitrogen and oxygen atoms in total. The minimum absolute atomic E-state index is 0.0242. The largest absolute Gasteiger partial charge is 0.495 e. The third-order valence-corrected chi connectivity index (χ3v) is 6.31. The fourth-order valence-electron chi connectivity index (χ4n) is 4.11. The van der Waals surface area contributed by atoms with Crippen molar-refractivity contribution in [1.82, 2.24) is 14.5 Å². The summed E-state index contributed by atoms with van der Waals surface area (Å²) in [4.78, 5) is 24.3. The molecule has 1 N–H and O–H groups in total. The van der Waals surface area contributed by atoms with E-state index in [1.165, 1.54) is 4.90 Å². The first-order chi connectivity index (χ1) is 18.2. The van der Waals surface area contributed by atoms with Gasteiger partial charge < -0.3 is 24.0 Å². The number of carbonyl (C=O) groups is 1. The normalized spacial score (nSPS) is 17.3. The smallest absolute Gasteiger partial charge is 0.380 e. The quantitative estimate of drug-likeness (QED) is 0.372. The van der Waals surface area contributed by atoms with Crippen LogP contribution < -0.4 is 4.74 Å². The number of esters is 1. The summed E-state index contributed by atoms with van der Waals surface area (Å²) in [5.41, 5.74) is -0.0106. The molecule has 1 aliphatic rings. The van der Waals surface area contributed by atoms with Crippen LogP contribution in [0.4, 0.5) is 8.78 Å². The van der Waals surface area contributed by atoms with Crippen molar-refractivity contribution in [3.05, 3.63) is 81.9 Å². The molecule has 1 unspecified atom stereocenters. The van der Waals surface area contributed by atoms with Gasteiger partial charge in [0.1, 0.15) is 17.4 Å². The van der Waals surface area contributed by atoms with E-state index in [0.29, 0.717) is 21.9 Å². The number of oxime groups is 1. The number of aliphatic hydroxyl groups is 1. The maximum Gasteiger partial charge on any atom is 0.380 e. The number of hydrogen-bond acceptors (Lipinski definition) is 8. The van der Waals surface area contributed by atoms with Crippen LogP contribution in [0.2, 0.25) is 0 Å². The molecule has 2 heterocycles. The Hall–Kier alpha value is -3.77. The Morgan fingerprint density at radius 1 is 1.24 bits per heavy atom. The van der Waals surface area contributed by atoms with E-state index in [1.807, 2.05) is 29.8 Å². The molecule has 0 saturated heterocycles. The Morgan fingerprint density at radius 3 is 2.58 bits per heavy atom. The molecule has 0 fully saturated rings. The van der Waals surface area contributed by atoms with Crippen LogP contribution in [0.1, 0.15) is 23.7 Å². The van der Waals surface area contributed by atoms with Crippen molar-refractivity contribution in [2.75, 3.05) is 26.9 Å². The minimum atomic E-state index is -2.16. The van der Waals surface area contributed by atoms with Crippen LogP contribution in [0.5, 0.6) is 5.75 Å². The van der Waals surface area contributed by atoms with E-state index in [1.54, 1.807) is 32.5 Å². The number of amidine groups is 1. The Bertz CT molecular complexity index is 1390. The van der Waals surface area contributed by atoms with E-state index in [2.05, 4.69) is 26.1 Å². The second-order valence-electron chi connectivity index (χ2n) is 8.25. The van der Waals surface area contributed by atoms with Gasteiger partial charge in [0, 0.05) is 24.4 Å². The monoisotopic (exact) mass is 590 g/mol. The van der Waals surface area contributed by atoms with E-state index in [-0.39, 0.29) is 24.6 Å². The summed E-state index contributed by atoms with van der Waals surface area (Å²) >= 11 is 3.48. The van der Waals surface area contributed by atoms with Crippen molar-refractivity contribution in [3.63, 3.8) is 0 Å². The van der Waals surface area contributed by atoms with E-state index in [0.717, 1.165) is 23.5 Å². The number of β-amino-alcohol motifs (C(OH)–C–C–N with tert-alkyl or cyclic N) is 1. The average molecular weight is 591 g/mol. The lowest BCUT2D eigenvalue weighted by molar-refractivity contribution is -0.189. The van der Waals surface area contributed by atoms with Crippen molar-refractivity contribution >= 4 is 33.8 Å². The predicted octanol–water partition coefficient (Wildman–Crippen LogP) is 4.26. The number of aliphatic hydroxyl groups excluding tert-OH is 1. The van der Waals surface area contributed by atoms with Gasteiger partial charge in [-0.25, -0.2) is 18.6 Å². The number of halogens is 3. The number of carbonyl (C=O) groups excluding carboxylic acids is 1. The number of aromatic nitrogens is 2. The molecular formula is C26H25BrF2N4O5. The molecule has 200 valence electrons. The van der Waals surface area contributed by atoms with Crippen LogP contribution in [0.3, 0.4) is 0 Å². The van der Waals surface area contributed by atoms with Gasteiger partial charge >= 0.3 is 11.7 Å². The number of ether oxygens (including phenoxy) is 2. The third-order valence-electron chi connectivity index (χ3n) is 5.73.